The highest BCUT2D eigenvalue weighted by molar-refractivity contribution is 7.00. The average molecular weight is 1380 g/mol. The van der Waals surface area contributed by atoms with Crippen molar-refractivity contribution in [1.82, 2.24) is 13.5 Å². The van der Waals surface area contributed by atoms with Crippen molar-refractivity contribution >= 4 is 139 Å². The van der Waals surface area contributed by atoms with Crippen LogP contribution in [0.4, 0.5) is 34.1 Å². The molecule has 0 aliphatic carbocycles. The Hall–Kier alpha value is -14.2. The molecule has 0 N–H and O–H groups in total. The van der Waals surface area contributed by atoms with Crippen LogP contribution in [0.3, 0.4) is 0 Å². The van der Waals surface area contributed by atoms with Crippen molar-refractivity contribution in [3.05, 3.63) is 388 Å². The first kappa shape index (κ1) is 52.7. The van der Waals surface area contributed by atoms with Gasteiger partial charge in [0.15, 0.2) is 0 Å². The molecule has 2 aliphatic rings. The Balaban J connectivity index is 0.891. The van der Waals surface area contributed by atoms with Crippen LogP contribution in [-0.4, -0.2) is 20.2 Å². The summed E-state index contributed by atoms with van der Waals surface area (Å²) in [5, 5.41) is 6.94. The summed E-state index contributed by atoms with van der Waals surface area (Å²) >= 11 is 0. The van der Waals surface area contributed by atoms with Gasteiger partial charge in [0.25, 0.3) is 6.71 Å². The van der Waals surface area contributed by atoms with Gasteiger partial charge in [-0.1, -0.05) is 297 Å². The van der Waals surface area contributed by atoms with Gasteiger partial charge in [-0.3, -0.25) is 0 Å². The molecule has 0 fully saturated rings. The molecule has 21 aromatic rings. The molecule has 4 aromatic heterocycles. The molecule has 0 atom stereocenters. The maximum atomic E-state index is 9.90. The van der Waals surface area contributed by atoms with Crippen molar-refractivity contribution in [3.8, 4) is 78.1 Å². The second kappa shape index (κ2) is 23.7. The molecular weight excluding hydrogens is 1310 g/mol. The lowest BCUT2D eigenvalue weighted by molar-refractivity contribution is 1.17. The lowest BCUT2D eigenvalue weighted by atomic mass is 9.33. The standard InChI is InChI=1S/C102H64BN5/c1-6-27-65(28-7-1)75-41-24-42-76(66-29-8-2-9-30-66)100(75)107-95-61-71(69-52-57-93-85(59-69)82-40-19-22-49-91(82)104(93)73-35-14-5-15-36-73)51-55-87(95)103-88-56-54-74(105-89-47-20-16-37-79(89)80-38-17-21-48-90(80)105)64-96(88)108(101-77(67-31-10-3-11-32-67)43-25-44-78(101)68-33-12-4-13-34-68)98-63-72(62-97(107)99(98)103)70-53-58-94-86(60-70)84-46-26-45-83-81-39-18-23-50-92(81)106(94)102(83)84/h1-64H/i16D,17D,20D,21D,37D,38D,47D,48D. The molecule has 6 heteroatoms. The van der Waals surface area contributed by atoms with Gasteiger partial charge in [0.05, 0.1) is 61.0 Å². The summed E-state index contributed by atoms with van der Waals surface area (Å²) in [6.07, 6.45) is 0. The second-order valence-corrected chi connectivity index (χ2v) is 28.4. The van der Waals surface area contributed by atoms with Gasteiger partial charge in [-0.15, -0.1) is 0 Å². The maximum absolute atomic E-state index is 9.90. The Labute approximate surface area is 635 Å². The second-order valence-electron chi connectivity index (χ2n) is 28.4. The summed E-state index contributed by atoms with van der Waals surface area (Å²) in [7, 11) is 0. The highest BCUT2D eigenvalue weighted by Gasteiger charge is 2.46. The molecule has 0 bridgehead atoms. The third-order valence-electron chi connectivity index (χ3n) is 22.8. The SMILES string of the molecule is [2H]c1c([2H])c([2H])c2c(c1[2H])c1c([2H])c([2H])c([2H])c([2H])c1n2-c1ccc2c(c1)N(c1c(-c3ccccc3)cccc1-c1ccccc1)c1cc(-c3ccc4c(c3)c3cccc5c6ccccc6n4c53)cc3c1B2c1ccc(-c2ccc4c(c2)c2ccccc2n4-c2ccccc2)cc1N3c1c(-c2ccccc2)cccc1-c1ccccc1. The third-order valence-corrected chi connectivity index (χ3v) is 22.8. The fourth-order valence-corrected chi connectivity index (χ4v) is 18.2. The van der Waals surface area contributed by atoms with Gasteiger partial charge < -0.3 is 23.3 Å². The molecule has 0 radical (unpaired) electrons. The van der Waals surface area contributed by atoms with Crippen molar-refractivity contribution in [1.29, 1.82) is 0 Å². The van der Waals surface area contributed by atoms with Gasteiger partial charge in [0.1, 0.15) is 0 Å². The Bertz CT molecular complexity index is 7570. The van der Waals surface area contributed by atoms with Crippen LogP contribution in [0.5, 0.6) is 0 Å². The first-order valence-corrected chi connectivity index (χ1v) is 36.8. The molecule has 17 aromatic carbocycles. The minimum atomic E-state index is -0.529. The summed E-state index contributed by atoms with van der Waals surface area (Å²) in [6, 6.07) is 119. The fourth-order valence-electron chi connectivity index (χ4n) is 18.2. The Morgan fingerprint density at radius 1 is 0.231 bits per heavy atom. The van der Waals surface area contributed by atoms with E-state index >= 15 is 0 Å². The van der Waals surface area contributed by atoms with E-state index in [0.717, 1.165) is 167 Å². The van der Waals surface area contributed by atoms with Gasteiger partial charge in [0, 0.05) is 99.5 Å². The minimum absolute atomic E-state index is 0.00312. The monoisotopic (exact) mass is 1380 g/mol. The van der Waals surface area contributed by atoms with E-state index in [2.05, 4.69) is 340 Å². The number of hydrogen-bond acceptors (Lipinski definition) is 2. The number of aromatic nitrogens is 3. The van der Waals surface area contributed by atoms with Crippen LogP contribution in [0.25, 0.3) is 160 Å². The number of anilines is 6. The van der Waals surface area contributed by atoms with Crippen LogP contribution >= 0.6 is 0 Å². The van der Waals surface area contributed by atoms with E-state index in [4.69, 9.17) is 2.74 Å². The molecule has 0 saturated heterocycles. The normalized spacial score (nSPS) is 13.6. The number of fused-ring (bicyclic) bond motifs is 16. The van der Waals surface area contributed by atoms with Gasteiger partial charge in [-0.05, 0) is 152 Å². The highest BCUT2D eigenvalue weighted by atomic mass is 15.2. The van der Waals surface area contributed by atoms with E-state index in [1.165, 1.54) is 16.3 Å². The molecule has 0 amide bonds. The van der Waals surface area contributed by atoms with Crippen molar-refractivity contribution in [3.63, 3.8) is 0 Å². The molecule has 23 rings (SSSR count). The average Bonchev–Trinajstić information content (AvgIpc) is 0.779. The summed E-state index contributed by atoms with van der Waals surface area (Å²) < 4.78 is 82.4. The topological polar surface area (TPSA) is 20.8 Å². The molecule has 2 aliphatic heterocycles. The van der Waals surface area contributed by atoms with E-state index in [9.17, 15) is 8.22 Å². The summed E-state index contributed by atoms with van der Waals surface area (Å²) in [6.45, 7) is -0.529. The zero-order valence-corrected chi connectivity index (χ0v) is 58.1. The molecule has 0 spiro atoms. The number of hydrogen-bond donors (Lipinski definition) is 0. The predicted octanol–water partition coefficient (Wildman–Crippen LogP) is 25.1. The van der Waals surface area contributed by atoms with Crippen LogP contribution in [0, 0.1) is 0 Å². The molecule has 0 saturated carbocycles. The first-order chi connectivity index (χ1) is 56.9. The van der Waals surface area contributed by atoms with Gasteiger partial charge >= 0.3 is 0 Å². The lowest BCUT2D eigenvalue weighted by Gasteiger charge is -2.46. The first-order valence-electron chi connectivity index (χ1n) is 40.8. The number of para-hydroxylation sites is 8. The Morgan fingerprint density at radius 3 is 1.18 bits per heavy atom. The number of benzene rings is 17. The quantitative estimate of drug-likeness (QED) is 0.127. The fraction of sp³-hybridized carbons (Fsp3) is 0. The van der Waals surface area contributed by atoms with Gasteiger partial charge in [-0.25, -0.2) is 0 Å². The molecular formula is C102H64BN5. The van der Waals surface area contributed by atoms with Crippen molar-refractivity contribution in [2.45, 2.75) is 0 Å². The van der Waals surface area contributed by atoms with Gasteiger partial charge in [0.2, 0.25) is 0 Å². The van der Waals surface area contributed by atoms with E-state index in [-0.39, 0.29) is 33.9 Å². The van der Waals surface area contributed by atoms with E-state index in [1.54, 1.807) is 4.57 Å². The van der Waals surface area contributed by atoms with E-state index < -0.39 is 43.0 Å². The number of nitrogens with zero attached hydrogens (tertiary/aromatic N) is 5. The predicted molar refractivity (Wildman–Crippen MR) is 456 cm³/mol. The van der Waals surface area contributed by atoms with Gasteiger partial charge in [-0.2, -0.15) is 0 Å². The van der Waals surface area contributed by atoms with Crippen molar-refractivity contribution < 1.29 is 11.0 Å². The highest BCUT2D eigenvalue weighted by Crippen LogP contribution is 2.55. The molecule has 6 heterocycles. The summed E-state index contributed by atoms with van der Waals surface area (Å²) in [5.41, 5.74) is 27.4. The summed E-state index contributed by atoms with van der Waals surface area (Å²) in [4.78, 5) is 5.01. The molecule has 500 valence electrons. The van der Waals surface area contributed by atoms with Crippen molar-refractivity contribution in [2.24, 2.45) is 0 Å². The lowest BCUT2D eigenvalue weighted by Crippen LogP contribution is -2.61. The largest absolute Gasteiger partial charge is 0.310 e. The van der Waals surface area contributed by atoms with E-state index in [0.29, 0.717) is 5.69 Å². The van der Waals surface area contributed by atoms with Crippen LogP contribution in [0.1, 0.15) is 11.0 Å². The Kier molecular flexibility index (Phi) is 11.5. The van der Waals surface area contributed by atoms with Crippen LogP contribution in [-0.2, 0) is 0 Å². The smallest absolute Gasteiger partial charge is 0.252 e. The third kappa shape index (κ3) is 8.89. The molecule has 108 heavy (non-hydrogen) atoms. The van der Waals surface area contributed by atoms with Crippen LogP contribution < -0.4 is 26.2 Å². The molecule has 0 unspecified atom stereocenters. The van der Waals surface area contributed by atoms with E-state index in [1.807, 2.05) is 18.2 Å². The Morgan fingerprint density at radius 2 is 0.611 bits per heavy atom. The van der Waals surface area contributed by atoms with Crippen LogP contribution in [0.2, 0.25) is 0 Å². The van der Waals surface area contributed by atoms with Crippen molar-refractivity contribution in [2.75, 3.05) is 9.80 Å². The molecule has 5 nitrogen and oxygen atoms in total. The zero-order chi connectivity index (χ0) is 77.6. The zero-order valence-electron chi connectivity index (χ0n) is 66.1. The number of rotatable bonds is 10. The maximum Gasteiger partial charge on any atom is 0.252 e. The summed E-state index contributed by atoms with van der Waals surface area (Å²) in [5.74, 6) is 0. The van der Waals surface area contributed by atoms with Crippen LogP contribution in [0.15, 0.2) is 388 Å². The minimum Gasteiger partial charge on any atom is -0.310 e.